The first-order chi connectivity index (χ1) is 6.59. The van der Waals surface area contributed by atoms with Gasteiger partial charge in [-0.25, -0.2) is 4.98 Å². The smallest absolute Gasteiger partial charge is 0.205 e. The van der Waals surface area contributed by atoms with Crippen LogP contribution >= 0.6 is 0 Å². The molecular formula is C10H13N4. The Balaban J connectivity index is 2.73. The third kappa shape index (κ3) is 1.19. The Bertz CT molecular complexity index is 470. The monoisotopic (exact) mass is 189 g/mol. The van der Waals surface area contributed by atoms with Gasteiger partial charge in [0.15, 0.2) is 0 Å². The van der Waals surface area contributed by atoms with Gasteiger partial charge in [-0.1, -0.05) is 0 Å². The fraction of sp³-hybridized carbons (Fsp3) is 0.300. The van der Waals surface area contributed by atoms with Crippen LogP contribution < -0.4 is 10.6 Å². The zero-order chi connectivity index (χ0) is 10.3. The molecule has 0 aliphatic rings. The third-order valence-electron chi connectivity index (χ3n) is 2.26. The zero-order valence-corrected chi connectivity index (χ0v) is 8.57. The topological polar surface area (TPSA) is 44.9 Å². The number of hydrogen-bond acceptors (Lipinski definition) is 2. The maximum Gasteiger partial charge on any atom is 0.205 e. The van der Waals surface area contributed by atoms with Gasteiger partial charge in [0.05, 0.1) is 16.7 Å². The summed E-state index contributed by atoms with van der Waals surface area (Å²) in [5.41, 5.74) is 9.94. The number of fused-ring (bicyclic) bond motifs is 1. The Kier molecular flexibility index (Phi) is 1.84. The summed E-state index contributed by atoms with van der Waals surface area (Å²) in [4.78, 5) is 6.40. The van der Waals surface area contributed by atoms with Crippen molar-refractivity contribution in [2.45, 2.75) is 0 Å². The number of rotatable bonds is 1. The van der Waals surface area contributed by atoms with Crippen molar-refractivity contribution in [3.8, 4) is 0 Å². The molecule has 0 unspecified atom stereocenters. The fourth-order valence-electron chi connectivity index (χ4n) is 1.59. The average Bonchev–Trinajstić information content (AvgIpc) is 2.43. The largest absolute Gasteiger partial charge is 0.348 e. The van der Waals surface area contributed by atoms with Crippen LogP contribution in [0.1, 0.15) is 0 Å². The SMILES string of the molecule is CN(C)c1nc2cc([NH])ccc2n1C. The average molecular weight is 189 g/mol. The van der Waals surface area contributed by atoms with Crippen molar-refractivity contribution in [1.82, 2.24) is 15.3 Å². The molecule has 2 aromatic rings. The van der Waals surface area contributed by atoms with Crippen LogP contribution in [0.5, 0.6) is 0 Å². The maximum atomic E-state index is 7.50. The molecule has 1 aromatic heterocycles. The van der Waals surface area contributed by atoms with Crippen molar-refractivity contribution < 1.29 is 0 Å². The third-order valence-corrected chi connectivity index (χ3v) is 2.26. The molecule has 0 saturated heterocycles. The van der Waals surface area contributed by atoms with Crippen LogP contribution in [0.2, 0.25) is 0 Å². The minimum atomic E-state index is 0.501. The molecule has 0 atom stereocenters. The Morgan fingerprint density at radius 1 is 1.36 bits per heavy atom. The van der Waals surface area contributed by atoms with E-state index in [0.29, 0.717) is 5.69 Å². The number of aryl methyl sites for hydroxylation is 1. The van der Waals surface area contributed by atoms with Crippen molar-refractivity contribution in [2.75, 3.05) is 19.0 Å². The minimum absolute atomic E-state index is 0.501. The van der Waals surface area contributed by atoms with Crippen molar-refractivity contribution in [3.63, 3.8) is 0 Å². The predicted octanol–water partition coefficient (Wildman–Crippen LogP) is 1.55. The number of imidazole rings is 1. The van der Waals surface area contributed by atoms with Crippen LogP contribution in [-0.4, -0.2) is 23.6 Å². The molecule has 14 heavy (non-hydrogen) atoms. The van der Waals surface area contributed by atoms with Gasteiger partial charge < -0.3 is 15.2 Å². The second-order valence-corrected chi connectivity index (χ2v) is 3.57. The maximum absolute atomic E-state index is 7.50. The van der Waals surface area contributed by atoms with E-state index >= 15 is 0 Å². The summed E-state index contributed by atoms with van der Waals surface area (Å²) in [6.45, 7) is 0. The van der Waals surface area contributed by atoms with Gasteiger partial charge in [0.25, 0.3) is 0 Å². The van der Waals surface area contributed by atoms with Gasteiger partial charge in [-0.3, -0.25) is 0 Å². The molecular weight excluding hydrogens is 176 g/mol. The van der Waals surface area contributed by atoms with Crippen LogP contribution in [0.3, 0.4) is 0 Å². The molecule has 1 N–H and O–H groups in total. The van der Waals surface area contributed by atoms with E-state index in [4.69, 9.17) is 5.73 Å². The van der Waals surface area contributed by atoms with Gasteiger partial charge in [0.1, 0.15) is 0 Å². The van der Waals surface area contributed by atoms with E-state index in [1.807, 2.05) is 36.7 Å². The van der Waals surface area contributed by atoms with Crippen LogP contribution in [0, 0.1) is 0 Å². The lowest BCUT2D eigenvalue weighted by molar-refractivity contribution is 0.890. The highest BCUT2D eigenvalue weighted by atomic mass is 15.3. The first-order valence-corrected chi connectivity index (χ1v) is 4.45. The molecule has 0 fully saturated rings. The zero-order valence-electron chi connectivity index (χ0n) is 8.57. The van der Waals surface area contributed by atoms with Crippen LogP contribution in [0.4, 0.5) is 11.6 Å². The van der Waals surface area contributed by atoms with Crippen LogP contribution in [-0.2, 0) is 7.05 Å². The lowest BCUT2D eigenvalue weighted by Gasteiger charge is -2.10. The first-order valence-electron chi connectivity index (χ1n) is 4.45. The normalized spacial score (nSPS) is 10.8. The van der Waals surface area contributed by atoms with Crippen molar-refractivity contribution in [1.29, 1.82) is 0 Å². The first kappa shape index (κ1) is 8.87. The summed E-state index contributed by atoms with van der Waals surface area (Å²) >= 11 is 0. The van der Waals surface area contributed by atoms with E-state index in [0.717, 1.165) is 17.0 Å². The molecule has 73 valence electrons. The highest BCUT2D eigenvalue weighted by Crippen LogP contribution is 2.21. The summed E-state index contributed by atoms with van der Waals surface area (Å²) < 4.78 is 2.02. The molecule has 1 heterocycles. The molecule has 4 nitrogen and oxygen atoms in total. The summed E-state index contributed by atoms with van der Waals surface area (Å²) in [7, 11) is 5.90. The van der Waals surface area contributed by atoms with Crippen LogP contribution in [0.15, 0.2) is 18.2 Å². The molecule has 0 amide bonds. The van der Waals surface area contributed by atoms with Crippen molar-refractivity contribution >= 4 is 22.7 Å². The van der Waals surface area contributed by atoms with Crippen molar-refractivity contribution in [2.24, 2.45) is 7.05 Å². The van der Waals surface area contributed by atoms with E-state index in [9.17, 15) is 0 Å². The summed E-state index contributed by atoms with van der Waals surface area (Å²) in [5.74, 6) is 0.908. The molecule has 1 radical (unpaired) electrons. The Hall–Kier alpha value is -1.71. The lowest BCUT2D eigenvalue weighted by Crippen LogP contribution is -2.13. The predicted molar refractivity (Wildman–Crippen MR) is 57.8 cm³/mol. The number of nitrogens with one attached hydrogen (secondary N) is 1. The molecule has 0 saturated carbocycles. The molecule has 0 bridgehead atoms. The number of anilines is 1. The second-order valence-electron chi connectivity index (χ2n) is 3.57. The van der Waals surface area contributed by atoms with Gasteiger partial charge in [-0.15, -0.1) is 0 Å². The Morgan fingerprint density at radius 2 is 2.07 bits per heavy atom. The number of aromatic nitrogens is 2. The highest BCUT2D eigenvalue weighted by molar-refractivity contribution is 5.81. The van der Waals surface area contributed by atoms with E-state index in [1.165, 1.54) is 0 Å². The summed E-state index contributed by atoms with van der Waals surface area (Å²) in [6, 6.07) is 5.49. The van der Waals surface area contributed by atoms with Gasteiger partial charge in [0, 0.05) is 21.1 Å². The van der Waals surface area contributed by atoms with Crippen molar-refractivity contribution in [3.05, 3.63) is 18.2 Å². The quantitative estimate of drug-likeness (QED) is 0.683. The molecule has 0 spiro atoms. The molecule has 1 aromatic carbocycles. The minimum Gasteiger partial charge on any atom is -0.348 e. The van der Waals surface area contributed by atoms with Gasteiger partial charge in [-0.05, 0) is 18.2 Å². The number of hydrogen-bond donors (Lipinski definition) is 0. The number of nitrogens with zero attached hydrogens (tertiary/aromatic N) is 3. The van der Waals surface area contributed by atoms with E-state index in [1.54, 1.807) is 12.1 Å². The Morgan fingerprint density at radius 3 is 2.71 bits per heavy atom. The molecule has 2 rings (SSSR count). The van der Waals surface area contributed by atoms with Gasteiger partial charge in [-0.2, -0.15) is 0 Å². The molecule has 0 aliphatic carbocycles. The van der Waals surface area contributed by atoms with E-state index in [2.05, 4.69) is 4.98 Å². The van der Waals surface area contributed by atoms with Gasteiger partial charge >= 0.3 is 0 Å². The van der Waals surface area contributed by atoms with E-state index in [-0.39, 0.29) is 0 Å². The fourth-order valence-corrected chi connectivity index (χ4v) is 1.59. The number of benzene rings is 1. The molecule has 0 aliphatic heterocycles. The Labute approximate surface area is 82.9 Å². The molecule has 4 heteroatoms. The summed E-state index contributed by atoms with van der Waals surface area (Å²) in [6.07, 6.45) is 0. The van der Waals surface area contributed by atoms with Gasteiger partial charge in [0.2, 0.25) is 5.95 Å². The lowest BCUT2D eigenvalue weighted by atomic mass is 10.3. The standard InChI is InChI=1S/C10H13N4/c1-13(2)10-12-8-6-7(11)4-5-9(8)14(10)3/h4-6,11H,1-3H3. The second kappa shape index (κ2) is 2.90. The van der Waals surface area contributed by atoms with Crippen LogP contribution in [0.25, 0.3) is 11.0 Å². The highest BCUT2D eigenvalue weighted by Gasteiger charge is 2.08. The summed E-state index contributed by atoms with van der Waals surface area (Å²) in [5, 5.41) is 0. The van der Waals surface area contributed by atoms with E-state index < -0.39 is 0 Å².